The Kier molecular flexibility index (Phi) is 4.03. The van der Waals surface area contributed by atoms with Crippen LogP contribution >= 0.6 is 0 Å². The number of ether oxygens (including phenoxy) is 1. The lowest BCUT2D eigenvalue weighted by molar-refractivity contribution is 0.330. The van der Waals surface area contributed by atoms with E-state index in [1.807, 2.05) is 50.2 Å². The van der Waals surface area contributed by atoms with E-state index in [9.17, 15) is 0 Å². The van der Waals surface area contributed by atoms with Gasteiger partial charge in [0.15, 0.2) is 0 Å². The minimum Gasteiger partial charge on any atom is -0.497 e. The average Bonchev–Trinajstić information content (AvgIpc) is 3.17. The molecule has 3 nitrogen and oxygen atoms in total. The summed E-state index contributed by atoms with van der Waals surface area (Å²) in [7, 11) is 1.68. The summed E-state index contributed by atoms with van der Waals surface area (Å²) in [5, 5.41) is 0. The molecule has 0 unspecified atom stereocenters. The summed E-state index contributed by atoms with van der Waals surface area (Å²) in [5.41, 5.74) is 0.855. The van der Waals surface area contributed by atoms with Gasteiger partial charge in [0.25, 0.3) is 0 Å². The van der Waals surface area contributed by atoms with Gasteiger partial charge in [-0.1, -0.05) is 12.1 Å². The quantitative estimate of drug-likeness (QED) is 0.661. The first kappa shape index (κ1) is 15.5. The zero-order valence-corrected chi connectivity index (χ0v) is 14.1. The lowest BCUT2D eigenvalue weighted by atomic mass is 9.79. The van der Waals surface area contributed by atoms with Crippen molar-refractivity contribution in [3.63, 3.8) is 0 Å². The van der Waals surface area contributed by atoms with E-state index in [0.717, 1.165) is 35.2 Å². The molecule has 0 fully saturated rings. The smallest absolute Gasteiger partial charge is 0.118 e. The third kappa shape index (κ3) is 3.04. The minimum atomic E-state index is -0.350. The topological polar surface area (TPSA) is 35.5 Å². The highest BCUT2D eigenvalue weighted by molar-refractivity contribution is 5.35. The molecular formula is C20H22O3. The molecule has 3 heteroatoms. The number of benzene rings is 1. The van der Waals surface area contributed by atoms with Gasteiger partial charge in [0.1, 0.15) is 28.8 Å². The molecule has 0 saturated carbocycles. The Balaban J connectivity index is 2.01. The van der Waals surface area contributed by atoms with Gasteiger partial charge < -0.3 is 13.6 Å². The van der Waals surface area contributed by atoms with E-state index in [2.05, 4.69) is 19.1 Å². The molecule has 0 aliphatic carbocycles. The highest BCUT2D eigenvalue weighted by atomic mass is 16.5. The van der Waals surface area contributed by atoms with E-state index in [4.69, 9.17) is 13.6 Å². The molecule has 0 saturated heterocycles. The molecule has 0 aliphatic rings. The fourth-order valence-electron chi connectivity index (χ4n) is 2.91. The number of hydrogen-bond acceptors (Lipinski definition) is 3. The molecule has 0 radical (unpaired) electrons. The predicted octanol–water partition coefficient (Wildman–Crippen LogP) is 5.05. The fourth-order valence-corrected chi connectivity index (χ4v) is 2.91. The molecule has 0 amide bonds. The first-order valence-electron chi connectivity index (χ1n) is 7.78. The molecule has 23 heavy (non-hydrogen) atoms. The monoisotopic (exact) mass is 310 g/mol. The van der Waals surface area contributed by atoms with Crippen molar-refractivity contribution in [2.75, 3.05) is 7.11 Å². The van der Waals surface area contributed by atoms with Crippen LogP contribution in [0, 0.1) is 13.8 Å². The lowest BCUT2D eigenvalue weighted by Crippen LogP contribution is -2.25. The van der Waals surface area contributed by atoms with Gasteiger partial charge in [-0.05, 0) is 69.2 Å². The summed E-state index contributed by atoms with van der Waals surface area (Å²) in [6.45, 7) is 6.09. The van der Waals surface area contributed by atoms with Gasteiger partial charge in [-0.25, -0.2) is 0 Å². The van der Waals surface area contributed by atoms with Gasteiger partial charge in [-0.2, -0.15) is 0 Å². The first-order valence-corrected chi connectivity index (χ1v) is 7.78. The van der Waals surface area contributed by atoms with Gasteiger partial charge >= 0.3 is 0 Å². The lowest BCUT2D eigenvalue weighted by Gasteiger charge is -2.25. The van der Waals surface area contributed by atoms with E-state index in [1.165, 1.54) is 5.56 Å². The fraction of sp³-hybridized carbons (Fsp3) is 0.300. The second kappa shape index (κ2) is 5.99. The largest absolute Gasteiger partial charge is 0.497 e. The molecule has 1 aromatic carbocycles. The van der Waals surface area contributed by atoms with Gasteiger partial charge in [0.05, 0.1) is 12.5 Å². The molecule has 120 valence electrons. The van der Waals surface area contributed by atoms with Crippen LogP contribution in [0.3, 0.4) is 0 Å². The second-order valence-corrected chi connectivity index (χ2v) is 6.18. The molecule has 0 atom stereocenters. The Morgan fingerprint density at radius 2 is 1.35 bits per heavy atom. The maximum Gasteiger partial charge on any atom is 0.118 e. The summed E-state index contributed by atoms with van der Waals surface area (Å²) in [4.78, 5) is 0. The molecule has 2 heterocycles. The number of aryl methyl sites for hydroxylation is 2. The normalized spacial score (nSPS) is 11.7. The predicted molar refractivity (Wildman–Crippen MR) is 90.0 cm³/mol. The van der Waals surface area contributed by atoms with Gasteiger partial charge in [-0.15, -0.1) is 0 Å². The van der Waals surface area contributed by atoms with Crippen molar-refractivity contribution in [2.24, 2.45) is 0 Å². The van der Waals surface area contributed by atoms with Crippen LogP contribution in [0.2, 0.25) is 0 Å². The number of methoxy groups -OCH3 is 1. The third-order valence-electron chi connectivity index (χ3n) is 4.29. The summed E-state index contributed by atoms with van der Waals surface area (Å²) >= 11 is 0. The molecule has 0 bridgehead atoms. The van der Waals surface area contributed by atoms with Gasteiger partial charge in [0, 0.05) is 0 Å². The molecule has 0 spiro atoms. The average molecular weight is 310 g/mol. The van der Waals surface area contributed by atoms with Crippen LogP contribution in [-0.4, -0.2) is 7.11 Å². The van der Waals surface area contributed by atoms with E-state index in [-0.39, 0.29) is 5.41 Å². The Morgan fingerprint density at radius 3 is 1.74 bits per heavy atom. The molecule has 3 rings (SSSR count). The van der Waals surface area contributed by atoms with Crippen molar-refractivity contribution in [2.45, 2.75) is 32.6 Å². The van der Waals surface area contributed by atoms with Crippen molar-refractivity contribution in [1.29, 1.82) is 0 Å². The number of furan rings is 2. The summed E-state index contributed by atoms with van der Waals surface area (Å²) in [6.07, 6.45) is 0.789. The second-order valence-electron chi connectivity index (χ2n) is 6.18. The Bertz CT molecular complexity index is 737. The maximum atomic E-state index is 5.94. The third-order valence-corrected chi connectivity index (χ3v) is 4.29. The summed E-state index contributed by atoms with van der Waals surface area (Å²) in [6, 6.07) is 16.2. The van der Waals surface area contributed by atoms with Crippen molar-refractivity contribution in [3.8, 4) is 5.75 Å². The highest BCUT2D eigenvalue weighted by Crippen LogP contribution is 2.37. The molecule has 3 aromatic rings. The zero-order valence-electron chi connectivity index (χ0n) is 14.1. The van der Waals surface area contributed by atoms with Crippen molar-refractivity contribution >= 4 is 0 Å². The van der Waals surface area contributed by atoms with Crippen LogP contribution in [-0.2, 0) is 11.8 Å². The van der Waals surface area contributed by atoms with E-state index < -0.39 is 0 Å². The number of rotatable bonds is 5. The molecule has 0 aliphatic heterocycles. The Morgan fingerprint density at radius 1 is 0.826 bits per heavy atom. The SMILES string of the molecule is COc1ccc(CC(C)(c2ccc(C)o2)c2ccc(C)o2)cc1. The van der Waals surface area contributed by atoms with Gasteiger partial charge in [-0.3, -0.25) is 0 Å². The number of hydrogen-bond donors (Lipinski definition) is 0. The summed E-state index contributed by atoms with van der Waals surface area (Å²) < 4.78 is 17.1. The van der Waals surface area contributed by atoms with Crippen LogP contribution < -0.4 is 4.74 Å². The van der Waals surface area contributed by atoms with E-state index >= 15 is 0 Å². The summed E-state index contributed by atoms with van der Waals surface area (Å²) in [5.74, 6) is 4.51. The van der Waals surface area contributed by atoms with Gasteiger partial charge in [0.2, 0.25) is 0 Å². The van der Waals surface area contributed by atoms with Crippen molar-refractivity contribution in [3.05, 3.63) is 77.1 Å². The van der Waals surface area contributed by atoms with Crippen LogP contribution in [0.15, 0.2) is 57.4 Å². The van der Waals surface area contributed by atoms with Crippen LogP contribution in [0.25, 0.3) is 0 Å². The van der Waals surface area contributed by atoms with E-state index in [1.54, 1.807) is 7.11 Å². The first-order chi connectivity index (χ1) is 11.0. The Labute approximate surface area is 136 Å². The molecular weight excluding hydrogens is 288 g/mol. The highest BCUT2D eigenvalue weighted by Gasteiger charge is 2.35. The Hall–Kier alpha value is -2.42. The molecule has 2 aromatic heterocycles. The maximum absolute atomic E-state index is 5.94. The van der Waals surface area contributed by atoms with Crippen LogP contribution in [0.4, 0.5) is 0 Å². The van der Waals surface area contributed by atoms with Crippen molar-refractivity contribution in [1.82, 2.24) is 0 Å². The van der Waals surface area contributed by atoms with Crippen LogP contribution in [0.1, 0.15) is 35.5 Å². The van der Waals surface area contributed by atoms with E-state index in [0.29, 0.717) is 0 Å². The zero-order chi connectivity index (χ0) is 16.4. The van der Waals surface area contributed by atoms with Crippen LogP contribution in [0.5, 0.6) is 5.75 Å². The van der Waals surface area contributed by atoms with Crippen molar-refractivity contribution < 1.29 is 13.6 Å². The minimum absolute atomic E-state index is 0.350. The standard InChI is InChI=1S/C20H22O3/c1-14-5-11-18(22-14)20(3,19-12-6-15(2)23-19)13-16-7-9-17(21-4)10-8-16/h5-12H,13H2,1-4H3. The molecule has 0 N–H and O–H groups in total.